The van der Waals surface area contributed by atoms with Crippen LogP contribution >= 0.6 is 12.6 Å². The predicted molar refractivity (Wildman–Crippen MR) is 152 cm³/mol. The van der Waals surface area contributed by atoms with Crippen LogP contribution in [0.15, 0.2) is 60.8 Å². The summed E-state index contributed by atoms with van der Waals surface area (Å²) in [7, 11) is 0. The fraction of sp³-hybridized carbons (Fsp3) is 0.357. The van der Waals surface area contributed by atoms with Crippen molar-refractivity contribution in [1.82, 2.24) is 20.9 Å². The molecule has 0 saturated heterocycles. The van der Waals surface area contributed by atoms with Gasteiger partial charge >= 0.3 is 5.97 Å². The summed E-state index contributed by atoms with van der Waals surface area (Å²) in [6.07, 6.45) is 2.17. The molecule has 3 rings (SSSR count). The number of amides is 3. The predicted octanol–water partition coefficient (Wildman–Crippen LogP) is 1.41. The minimum Gasteiger partial charge on any atom is -0.480 e. The fourth-order valence-electron chi connectivity index (χ4n) is 4.20. The summed E-state index contributed by atoms with van der Waals surface area (Å²) in [5.74, 6) is -3.40. The third-order valence-electron chi connectivity index (χ3n) is 6.41. The molecule has 3 amide bonds. The molecule has 39 heavy (non-hydrogen) atoms. The van der Waals surface area contributed by atoms with Gasteiger partial charge in [0.05, 0.1) is 6.04 Å². The fourth-order valence-corrected chi connectivity index (χ4v) is 4.46. The molecule has 7 N–H and O–H groups in total. The number of para-hydroxylation sites is 1. The van der Waals surface area contributed by atoms with E-state index in [1.165, 1.54) is 0 Å². The van der Waals surface area contributed by atoms with Gasteiger partial charge in [0.25, 0.3) is 0 Å². The minimum absolute atomic E-state index is 0.0409. The Kier molecular flexibility index (Phi) is 10.5. The van der Waals surface area contributed by atoms with Crippen molar-refractivity contribution in [3.05, 3.63) is 71.9 Å². The minimum atomic E-state index is -1.17. The van der Waals surface area contributed by atoms with Gasteiger partial charge in [0, 0.05) is 29.3 Å². The lowest BCUT2D eigenvalue weighted by Gasteiger charge is -2.25. The molecule has 1 heterocycles. The third kappa shape index (κ3) is 8.08. The lowest BCUT2D eigenvalue weighted by Crippen LogP contribution is -2.58. The molecule has 0 aliphatic rings. The molecule has 4 atom stereocenters. The molecular weight excluding hydrogens is 518 g/mol. The second-order valence-electron chi connectivity index (χ2n) is 9.73. The zero-order valence-electron chi connectivity index (χ0n) is 21.9. The molecule has 0 spiro atoms. The summed E-state index contributed by atoms with van der Waals surface area (Å²) >= 11 is 4.22. The average Bonchev–Trinajstić information content (AvgIpc) is 3.32. The highest BCUT2D eigenvalue weighted by molar-refractivity contribution is 7.80. The second-order valence-corrected chi connectivity index (χ2v) is 10.1. The summed E-state index contributed by atoms with van der Waals surface area (Å²) in [5, 5.41) is 18.3. The van der Waals surface area contributed by atoms with E-state index in [2.05, 4.69) is 33.6 Å². The van der Waals surface area contributed by atoms with E-state index in [1.807, 2.05) is 30.3 Å². The molecule has 0 saturated carbocycles. The van der Waals surface area contributed by atoms with Gasteiger partial charge in [-0.25, -0.2) is 4.79 Å². The number of carbonyl (C=O) groups is 4. The number of hydrogen-bond donors (Lipinski definition) is 7. The highest BCUT2D eigenvalue weighted by Gasteiger charge is 2.31. The van der Waals surface area contributed by atoms with Crippen molar-refractivity contribution in [1.29, 1.82) is 0 Å². The molecule has 1 aromatic heterocycles. The van der Waals surface area contributed by atoms with E-state index in [1.54, 1.807) is 44.3 Å². The van der Waals surface area contributed by atoms with Crippen LogP contribution in [0.25, 0.3) is 10.9 Å². The normalized spacial score (nSPS) is 14.3. The number of carboxylic acids is 1. The molecule has 10 nitrogen and oxygen atoms in total. The lowest BCUT2D eigenvalue weighted by molar-refractivity contribution is -0.143. The first-order valence-corrected chi connectivity index (χ1v) is 13.3. The van der Waals surface area contributed by atoms with Gasteiger partial charge in [-0.2, -0.15) is 12.6 Å². The number of rotatable bonds is 13. The number of nitrogens with two attached hydrogens (primary N) is 1. The Hall–Kier alpha value is -3.83. The van der Waals surface area contributed by atoms with Crippen molar-refractivity contribution in [3.8, 4) is 0 Å². The number of aromatic nitrogens is 1. The van der Waals surface area contributed by atoms with Crippen LogP contribution in [-0.2, 0) is 32.0 Å². The third-order valence-corrected chi connectivity index (χ3v) is 6.78. The summed E-state index contributed by atoms with van der Waals surface area (Å²) < 4.78 is 0. The molecule has 0 fully saturated rings. The zero-order valence-corrected chi connectivity index (χ0v) is 22.8. The van der Waals surface area contributed by atoms with Gasteiger partial charge in [-0.3, -0.25) is 14.4 Å². The largest absolute Gasteiger partial charge is 0.480 e. The standard InChI is InChI=1S/C28H35N5O5S/c1-16(2)24(28(37)38)33-26(35)22(12-17-8-4-3-5-9-17)31-27(36)23(15-39)32-25(34)20(29)13-18-14-30-21-11-7-6-10-19(18)21/h3-11,14,16,20,22-24,30,39H,12-13,15,29H2,1-2H3,(H,31,36)(H,32,34)(H,33,35)(H,37,38). The van der Waals surface area contributed by atoms with E-state index in [0.717, 1.165) is 22.0 Å². The van der Waals surface area contributed by atoms with Gasteiger partial charge in [0.2, 0.25) is 17.7 Å². The van der Waals surface area contributed by atoms with E-state index in [-0.39, 0.29) is 24.5 Å². The molecule has 3 aromatic rings. The van der Waals surface area contributed by atoms with Crippen molar-refractivity contribution < 1.29 is 24.3 Å². The van der Waals surface area contributed by atoms with Crippen LogP contribution in [0.3, 0.4) is 0 Å². The van der Waals surface area contributed by atoms with Gasteiger partial charge in [-0.15, -0.1) is 0 Å². The van der Waals surface area contributed by atoms with Crippen LogP contribution in [0.5, 0.6) is 0 Å². The first-order chi connectivity index (χ1) is 18.6. The Bertz CT molecular complexity index is 1300. The van der Waals surface area contributed by atoms with E-state index < -0.39 is 47.9 Å². The Morgan fingerprint density at radius 2 is 1.49 bits per heavy atom. The first-order valence-electron chi connectivity index (χ1n) is 12.7. The van der Waals surface area contributed by atoms with Crippen LogP contribution in [0.1, 0.15) is 25.0 Å². The van der Waals surface area contributed by atoms with Gasteiger partial charge in [-0.1, -0.05) is 62.4 Å². The average molecular weight is 554 g/mol. The molecule has 0 bridgehead atoms. The van der Waals surface area contributed by atoms with Crippen molar-refractivity contribution in [2.24, 2.45) is 11.7 Å². The van der Waals surface area contributed by atoms with Gasteiger partial charge in [0.15, 0.2) is 0 Å². The number of hydrogen-bond acceptors (Lipinski definition) is 6. The van der Waals surface area contributed by atoms with E-state index in [0.29, 0.717) is 0 Å². The van der Waals surface area contributed by atoms with Crippen LogP contribution in [0.4, 0.5) is 0 Å². The van der Waals surface area contributed by atoms with E-state index in [4.69, 9.17) is 5.73 Å². The van der Waals surface area contributed by atoms with E-state index >= 15 is 0 Å². The Balaban J connectivity index is 1.69. The number of nitrogens with one attached hydrogen (secondary N) is 4. The number of aliphatic carboxylic acids is 1. The Labute approximate surface area is 232 Å². The van der Waals surface area contributed by atoms with Crippen LogP contribution in [0.2, 0.25) is 0 Å². The smallest absolute Gasteiger partial charge is 0.326 e. The number of H-pyrrole nitrogens is 1. The molecule has 0 aliphatic heterocycles. The maximum Gasteiger partial charge on any atom is 0.326 e. The number of benzene rings is 2. The highest BCUT2D eigenvalue weighted by Crippen LogP contribution is 2.18. The highest BCUT2D eigenvalue weighted by atomic mass is 32.1. The molecule has 4 unspecified atom stereocenters. The Morgan fingerprint density at radius 3 is 2.13 bits per heavy atom. The maximum absolute atomic E-state index is 13.2. The quantitative estimate of drug-likeness (QED) is 0.158. The molecule has 0 aliphatic carbocycles. The monoisotopic (exact) mass is 553 g/mol. The summed E-state index contributed by atoms with van der Waals surface area (Å²) in [6.45, 7) is 3.35. The van der Waals surface area contributed by atoms with Gasteiger partial charge < -0.3 is 31.8 Å². The molecule has 0 radical (unpaired) electrons. The Morgan fingerprint density at radius 1 is 0.872 bits per heavy atom. The second kappa shape index (κ2) is 13.8. The lowest BCUT2D eigenvalue weighted by atomic mass is 10.0. The molecule has 2 aromatic carbocycles. The van der Waals surface area contributed by atoms with Crippen LogP contribution in [0, 0.1) is 5.92 Å². The number of thiol groups is 1. The zero-order chi connectivity index (χ0) is 28.5. The number of fused-ring (bicyclic) bond motifs is 1. The summed E-state index contributed by atoms with van der Waals surface area (Å²) in [5.41, 5.74) is 8.73. The van der Waals surface area contributed by atoms with Crippen LogP contribution < -0.4 is 21.7 Å². The van der Waals surface area contributed by atoms with Crippen molar-refractivity contribution in [2.45, 2.75) is 50.9 Å². The summed E-state index contributed by atoms with van der Waals surface area (Å²) in [6, 6.07) is 12.5. The van der Waals surface area contributed by atoms with Crippen LogP contribution in [-0.4, -0.2) is 63.7 Å². The topological polar surface area (TPSA) is 166 Å². The van der Waals surface area contributed by atoms with Crippen molar-refractivity contribution in [3.63, 3.8) is 0 Å². The molecule has 11 heteroatoms. The molecular formula is C28H35N5O5S. The van der Waals surface area contributed by atoms with Crippen molar-refractivity contribution in [2.75, 3.05) is 5.75 Å². The first kappa shape index (κ1) is 29.7. The van der Waals surface area contributed by atoms with Gasteiger partial charge in [-0.05, 0) is 29.5 Å². The maximum atomic E-state index is 13.2. The SMILES string of the molecule is CC(C)C(NC(=O)C(Cc1ccccc1)NC(=O)C(CS)NC(=O)C(N)Cc1c[nH]c2ccccc12)C(=O)O. The molecule has 208 valence electrons. The van der Waals surface area contributed by atoms with Gasteiger partial charge in [0.1, 0.15) is 18.1 Å². The number of aromatic amines is 1. The number of carbonyl (C=O) groups excluding carboxylic acids is 3. The summed E-state index contributed by atoms with van der Waals surface area (Å²) in [4.78, 5) is 53.9. The number of carboxylic acid groups (broad SMARTS) is 1. The van der Waals surface area contributed by atoms with E-state index in [9.17, 15) is 24.3 Å². The van der Waals surface area contributed by atoms with Crippen molar-refractivity contribution >= 4 is 47.2 Å².